The van der Waals surface area contributed by atoms with E-state index in [2.05, 4.69) is 15.0 Å². The standard InChI is InChI=1S/C12H11N3O2/c1-9(16)17-11-4-2-10(3-5-11)6-12-14-7-13-8-15-12/h2-5,7-8H,6H2,1H3. The second-order valence-electron chi connectivity index (χ2n) is 3.47. The highest BCUT2D eigenvalue weighted by atomic mass is 16.5. The van der Waals surface area contributed by atoms with Crippen molar-refractivity contribution in [1.82, 2.24) is 15.0 Å². The van der Waals surface area contributed by atoms with Gasteiger partial charge in [-0.3, -0.25) is 4.79 Å². The molecule has 0 aliphatic heterocycles. The molecule has 0 saturated carbocycles. The molecule has 0 aliphatic rings. The van der Waals surface area contributed by atoms with Gasteiger partial charge in [0.15, 0.2) is 0 Å². The van der Waals surface area contributed by atoms with E-state index >= 15 is 0 Å². The van der Waals surface area contributed by atoms with E-state index in [-0.39, 0.29) is 5.97 Å². The molecule has 0 atom stereocenters. The van der Waals surface area contributed by atoms with Crippen LogP contribution in [0.4, 0.5) is 0 Å². The van der Waals surface area contributed by atoms with Gasteiger partial charge in [0.25, 0.3) is 0 Å². The summed E-state index contributed by atoms with van der Waals surface area (Å²) in [6, 6.07) is 7.25. The van der Waals surface area contributed by atoms with E-state index in [0.717, 1.165) is 5.56 Å². The van der Waals surface area contributed by atoms with Gasteiger partial charge >= 0.3 is 5.97 Å². The Morgan fingerprint density at radius 3 is 2.41 bits per heavy atom. The molecule has 17 heavy (non-hydrogen) atoms. The van der Waals surface area contributed by atoms with Crippen molar-refractivity contribution in [2.45, 2.75) is 13.3 Å². The van der Waals surface area contributed by atoms with Crippen LogP contribution in [-0.4, -0.2) is 20.9 Å². The normalized spacial score (nSPS) is 9.94. The van der Waals surface area contributed by atoms with E-state index in [1.54, 1.807) is 12.1 Å². The number of carbonyl (C=O) groups excluding carboxylic acids is 1. The maximum absolute atomic E-state index is 10.7. The first-order chi connectivity index (χ1) is 8.24. The minimum Gasteiger partial charge on any atom is -0.427 e. The number of carbonyl (C=O) groups is 1. The van der Waals surface area contributed by atoms with Gasteiger partial charge in [-0.15, -0.1) is 0 Å². The summed E-state index contributed by atoms with van der Waals surface area (Å²) in [5.41, 5.74) is 1.05. The van der Waals surface area contributed by atoms with E-state index < -0.39 is 0 Å². The number of ether oxygens (including phenoxy) is 1. The van der Waals surface area contributed by atoms with E-state index in [9.17, 15) is 4.79 Å². The molecule has 5 heteroatoms. The molecule has 86 valence electrons. The molecular weight excluding hydrogens is 218 g/mol. The van der Waals surface area contributed by atoms with Gasteiger partial charge in [-0.05, 0) is 17.7 Å². The summed E-state index contributed by atoms with van der Waals surface area (Å²) in [6.07, 6.45) is 3.56. The van der Waals surface area contributed by atoms with E-state index in [4.69, 9.17) is 4.74 Å². The van der Waals surface area contributed by atoms with Crippen molar-refractivity contribution in [3.8, 4) is 5.75 Å². The fourth-order valence-corrected chi connectivity index (χ4v) is 1.38. The van der Waals surface area contributed by atoms with Crippen LogP contribution in [0.2, 0.25) is 0 Å². The molecule has 0 spiro atoms. The van der Waals surface area contributed by atoms with Crippen LogP contribution in [0.3, 0.4) is 0 Å². The smallest absolute Gasteiger partial charge is 0.308 e. The summed E-state index contributed by atoms with van der Waals surface area (Å²) < 4.78 is 4.94. The zero-order valence-electron chi connectivity index (χ0n) is 9.33. The maximum atomic E-state index is 10.7. The Balaban J connectivity index is 2.06. The van der Waals surface area contributed by atoms with Gasteiger partial charge in [0.1, 0.15) is 24.2 Å². The first-order valence-electron chi connectivity index (χ1n) is 5.12. The summed E-state index contributed by atoms with van der Waals surface area (Å²) in [7, 11) is 0. The molecule has 0 N–H and O–H groups in total. The molecule has 0 amide bonds. The molecule has 0 bridgehead atoms. The highest BCUT2D eigenvalue weighted by molar-refractivity contribution is 5.69. The average Bonchev–Trinajstić information content (AvgIpc) is 2.32. The zero-order chi connectivity index (χ0) is 12.1. The predicted molar refractivity (Wildman–Crippen MR) is 60.4 cm³/mol. The highest BCUT2D eigenvalue weighted by Crippen LogP contribution is 2.13. The van der Waals surface area contributed by atoms with E-state index in [0.29, 0.717) is 18.0 Å². The molecule has 0 saturated heterocycles. The number of esters is 1. The fraction of sp³-hybridized carbons (Fsp3) is 0.167. The number of nitrogens with zero attached hydrogens (tertiary/aromatic N) is 3. The van der Waals surface area contributed by atoms with Gasteiger partial charge in [-0.2, -0.15) is 0 Å². The van der Waals surface area contributed by atoms with Crippen molar-refractivity contribution in [3.63, 3.8) is 0 Å². The summed E-state index contributed by atoms with van der Waals surface area (Å²) in [5.74, 6) is 0.923. The van der Waals surface area contributed by atoms with Crippen LogP contribution in [0.5, 0.6) is 5.75 Å². The van der Waals surface area contributed by atoms with Gasteiger partial charge in [0.05, 0.1) is 0 Å². The summed E-state index contributed by atoms with van der Waals surface area (Å²) >= 11 is 0. The Morgan fingerprint density at radius 2 is 1.82 bits per heavy atom. The third-order valence-corrected chi connectivity index (χ3v) is 2.09. The Morgan fingerprint density at radius 1 is 1.18 bits per heavy atom. The molecule has 1 heterocycles. The lowest BCUT2D eigenvalue weighted by atomic mass is 10.1. The van der Waals surface area contributed by atoms with Crippen LogP contribution >= 0.6 is 0 Å². The zero-order valence-corrected chi connectivity index (χ0v) is 9.33. The minimum atomic E-state index is -0.324. The number of aromatic nitrogens is 3. The van der Waals surface area contributed by atoms with E-state index in [1.165, 1.54) is 19.6 Å². The van der Waals surface area contributed by atoms with Crippen molar-refractivity contribution < 1.29 is 9.53 Å². The predicted octanol–water partition coefficient (Wildman–Crippen LogP) is 1.39. The van der Waals surface area contributed by atoms with Gasteiger partial charge in [-0.1, -0.05) is 12.1 Å². The molecule has 0 fully saturated rings. The minimum absolute atomic E-state index is 0.324. The molecule has 2 aromatic rings. The number of hydrogen-bond acceptors (Lipinski definition) is 5. The number of rotatable bonds is 3. The Bertz CT molecular complexity index is 497. The fourth-order valence-electron chi connectivity index (χ4n) is 1.38. The van der Waals surface area contributed by atoms with Crippen molar-refractivity contribution in [2.24, 2.45) is 0 Å². The average molecular weight is 229 g/mol. The monoisotopic (exact) mass is 229 g/mol. The SMILES string of the molecule is CC(=O)Oc1ccc(Cc2ncncn2)cc1. The van der Waals surface area contributed by atoms with E-state index in [1.807, 2.05) is 12.1 Å². The van der Waals surface area contributed by atoms with Crippen LogP contribution in [0.15, 0.2) is 36.9 Å². The largest absolute Gasteiger partial charge is 0.427 e. The maximum Gasteiger partial charge on any atom is 0.308 e. The summed E-state index contributed by atoms with van der Waals surface area (Å²) in [6.45, 7) is 1.37. The van der Waals surface area contributed by atoms with Crippen LogP contribution in [0, 0.1) is 0 Å². The second-order valence-corrected chi connectivity index (χ2v) is 3.47. The molecule has 1 aromatic heterocycles. The van der Waals surface area contributed by atoms with Crippen LogP contribution < -0.4 is 4.74 Å². The van der Waals surface area contributed by atoms with Gasteiger partial charge in [-0.25, -0.2) is 15.0 Å². The van der Waals surface area contributed by atoms with Crippen molar-refractivity contribution in [2.75, 3.05) is 0 Å². The quantitative estimate of drug-likeness (QED) is 0.587. The van der Waals surface area contributed by atoms with Crippen molar-refractivity contribution in [1.29, 1.82) is 0 Å². The molecule has 2 rings (SSSR count). The lowest BCUT2D eigenvalue weighted by molar-refractivity contribution is -0.131. The number of hydrogen-bond donors (Lipinski definition) is 0. The lowest BCUT2D eigenvalue weighted by Crippen LogP contribution is -2.01. The summed E-state index contributed by atoms with van der Waals surface area (Å²) in [4.78, 5) is 22.6. The third-order valence-electron chi connectivity index (χ3n) is 2.09. The third kappa shape index (κ3) is 3.34. The summed E-state index contributed by atoms with van der Waals surface area (Å²) in [5, 5.41) is 0. The van der Waals surface area contributed by atoms with Crippen LogP contribution in [-0.2, 0) is 11.2 Å². The van der Waals surface area contributed by atoms with Gasteiger partial charge in [0.2, 0.25) is 0 Å². The Hall–Kier alpha value is -2.30. The highest BCUT2D eigenvalue weighted by Gasteiger charge is 2.01. The van der Waals surface area contributed by atoms with Crippen LogP contribution in [0.1, 0.15) is 18.3 Å². The lowest BCUT2D eigenvalue weighted by Gasteiger charge is -2.03. The van der Waals surface area contributed by atoms with Crippen molar-refractivity contribution in [3.05, 3.63) is 48.3 Å². The van der Waals surface area contributed by atoms with Gasteiger partial charge < -0.3 is 4.74 Å². The van der Waals surface area contributed by atoms with Crippen molar-refractivity contribution >= 4 is 5.97 Å². The second kappa shape index (κ2) is 5.16. The van der Waals surface area contributed by atoms with Crippen LogP contribution in [0.25, 0.3) is 0 Å². The molecular formula is C12H11N3O2. The first-order valence-corrected chi connectivity index (χ1v) is 5.12. The first kappa shape index (κ1) is 11.2. The number of benzene rings is 1. The molecule has 0 unspecified atom stereocenters. The Labute approximate surface area is 98.5 Å². The topological polar surface area (TPSA) is 65.0 Å². The molecule has 1 aromatic carbocycles. The molecule has 0 aliphatic carbocycles. The van der Waals surface area contributed by atoms with Gasteiger partial charge in [0, 0.05) is 13.3 Å². The Kier molecular flexibility index (Phi) is 3.40. The molecule has 5 nitrogen and oxygen atoms in total. The molecule has 0 radical (unpaired) electrons.